The summed E-state index contributed by atoms with van der Waals surface area (Å²) in [6.07, 6.45) is 1.72. The molecule has 0 bridgehead atoms. The third kappa shape index (κ3) is 4.79. The highest BCUT2D eigenvalue weighted by Crippen LogP contribution is 2.23. The van der Waals surface area contributed by atoms with E-state index in [2.05, 4.69) is 9.97 Å². The second-order valence-electron chi connectivity index (χ2n) is 7.16. The quantitative estimate of drug-likeness (QED) is 0.270. The Morgan fingerprint density at radius 1 is 1.09 bits per heavy atom. The Morgan fingerprint density at radius 3 is 2.59 bits per heavy atom. The second kappa shape index (κ2) is 9.46. The highest BCUT2D eigenvalue weighted by molar-refractivity contribution is 7.12. The number of esters is 1. The first-order valence-corrected chi connectivity index (χ1v) is 11.6. The Kier molecular flexibility index (Phi) is 6.48. The fraction of sp³-hybridized carbons (Fsp3) is 0.217. The third-order valence-corrected chi connectivity index (χ3v) is 6.40. The highest BCUT2D eigenvalue weighted by atomic mass is 32.1. The van der Waals surface area contributed by atoms with E-state index in [0.29, 0.717) is 10.6 Å². The molecule has 0 amide bonds. The van der Waals surface area contributed by atoms with E-state index in [1.54, 1.807) is 17.6 Å². The van der Waals surface area contributed by atoms with Crippen molar-refractivity contribution in [3.63, 3.8) is 0 Å². The molecule has 0 saturated carbocycles. The number of aryl methyl sites for hydroxylation is 2. The van der Waals surface area contributed by atoms with Crippen LogP contribution in [0, 0.1) is 20.8 Å². The topological polar surface area (TPSA) is 83.3 Å². The van der Waals surface area contributed by atoms with Gasteiger partial charge in [0.05, 0.1) is 0 Å². The molecule has 7 nitrogen and oxygen atoms in total. The molecule has 3 heterocycles. The molecule has 0 radical (unpaired) electrons. The summed E-state index contributed by atoms with van der Waals surface area (Å²) < 4.78 is 12.8. The first-order chi connectivity index (χ1) is 15.4. The summed E-state index contributed by atoms with van der Waals surface area (Å²) in [7, 11) is 0. The van der Waals surface area contributed by atoms with Gasteiger partial charge in [0, 0.05) is 33.9 Å². The molecule has 0 unspecified atom stereocenters. The lowest BCUT2D eigenvalue weighted by molar-refractivity contribution is 0.0469. The minimum atomic E-state index is -0.634. The number of carbonyl (C=O) groups is 2. The lowest BCUT2D eigenvalue weighted by Crippen LogP contribution is -2.15. The van der Waals surface area contributed by atoms with E-state index in [1.165, 1.54) is 22.7 Å². The molecule has 1 aromatic carbocycles. The molecular formula is C23H21N3O4S2. The molecular weight excluding hydrogens is 446 g/mol. The van der Waals surface area contributed by atoms with Crippen LogP contribution in [0.4, 0.5) is 0 Å². The number of ether oxygens (including phenoxy) is 2. The van der Waals surface area contributed by atoms with Crippen molar-refractivity contribution in [2.24, 2.45) is 0 Å². The van der Waals surface area contributed by atoms with Gasteiger partial charge in [-0.1, -0.05) is 17.7 Å². The molecule has 0 aliphatic heterocycles. The molecule has 4 rings (SSSR count). The lowest BCUT2D eigenvalue weighted by Gasteiger charge is -2.06. The number of aromatic nitrogens is 3. The fourth-order valence-corrected chi connectivity index (χ4v) is 4.63. The van der Waals surface area contributed by atoms with Crippen molar-refractivity contribution in [2.75, 3.05) is 6.61 Å². The van der Waals surface area contributed by atoms with Crippen molar-refractivity contribution in [1.82, 2.24) is 14.5 Å². The first kappa shape index (κ1) is 21.9. The monoisotopic (exact) mass is 467 g/mol. The predicted octanol–water partition coefficient (Wildman–Crippen LogP) is 4.93. The maximum absolute atomic E-state index is 12.7. The molecule has 0 aliphatic rings. The van der Waals surface area contributed by atoms with Crippen LogP contribution in [0.2, 0.25) is 0 Å². The van der Waals surface area contributed by atoms with Gasteiger partial charge >= 0.3 is 5.97 Å². The van der Waals surface area contributed by atoms with Crippen LogP contribution in [-0.4, -0.2) is 32.9 Å². The minimum Gasteiger partial charge on any atom is -0.486 e. The molecule has 0 aliphatic carbocycles. The molecule has 0 fully saturated rings. The first-order valence-electron chi connectivity index (χ1n) is 9.85. The Balaban J connectivity index is 1.34. The summed E-state index contributed by atoms with van der Waals surface area (Å²) in [6.45, 7) is 5.67. The molecule has 9 heteroatoms. The van der Waals surface area contributed by atoms with Gasteiger partial charge in [-0.2, -0.15) is 0 Å². The van der Waals surface area contributed by atoms with Gasteiger partial charge in [-0.15, -0.1) is 22.7 Å². The van der Waals surface area contributed by atoms with Gasteiger partial charge in [-0.3, -0.25) is 9.36 Å². The van der Waals surface area contributed by atoms with Crippen LogP contribution in [0.15, 0.2) is 47.3 Å². The Labute approximate surface area is 193 Å². The van der Waals surface area contributed by atoms with Gasteiger partial charge in [0.15, 0.2) is 17.4 Å². The van der Waals surface area contributed by atoms with Crippen LogP contribution in [0.3, 0.4) is 0 Å². The Bertz CT molecular complexity index is 1240. The molecule has 0 saturated heterocycles. The largest absolute Gasteiger partial charge is 0.486 e. The molecule has 3 aromatic heterocycles. The van der Waals surface area contributed by atoms with Crippen molar-refractivity contribution < 1.29 is 19.1 Å². The zero-order valence-corrected chi connectivity index (χ0v) is 19.5. The van der Waals surface area contributed by atoms with Gasteiger partial charge in [-0.05, 0) is 39.0 Å². The van der Waals surface area contributed by atoms with Gasteiger partial charge < -0.3 is 9.47 Å². The summed E-state index contributed by atoms with van der Waals surface area (Å²) >= 11 is 2.79. The van der Waals surface area contributed by atoms with E-state index in [-0.39, 0.29) is 24.7 Å². The van der Waals surface area contributed by atoms with Crippen LogP contribution < -0.4 is 4.74 Å². The third-order valence-electron chi connectivity index (χ3n) is 4.82. The van der Waals surface area contributed by atoms with Gasteiger partial charge in [0.25, 0.3) is 0 Å². The molecule has 0 spiro atoms. The summed E-state index contributed by atoms with van der Waals surface area (Å²) in [5.74, 6) is -0.173. The predicted molar refractivity (Wildman–Crippen MR) is 123 cm³/mol. The standard InChI is InChI=1S/C23H21N3O4S2/c1-14-4-6-17(7-5-14)29-12-21-25-19(13-32-21)22(28)30-11-20(27)18-10-15(2)26(16(18)3)23-24-8-9-31-23/h4-10,13H,11-12H2,1-3H3. The number of nitrogens with zero attached hydrogens (tertiary/aromatic N) is 3. The zero-order chi connectivity index (χ0) is 22.7. The van der Waals surface area contributed by atoms with Crippen LogP contribution in [-0.2, 0) is 11.3 Å². The van der Waals surface area contributed by atoms with E-state index >= 15 is 0 Å². The van der Waals surface area contributed by atoms with Gasteiger partial charge in [-0.25, -0.2) is 14.8 Å². The summed E-state index contributed by atoms with van der Waals surface area (Å²) in [5.41, 5.74) is 3.48. The molecule has 164 valence electrons. The van der Waals surface area contributed by atoms with Crippen molar-refractivity contribution >= 4 is 34.4 Å². The zero-order valence-electron chi connectivity index (χ0n) is 17.8. The number of carbonyl (C=O) groups excluding carboxylic acids is 2. The van der Waals surface area contributed by atoms with Crippen LogP contribution in [0.5, 0.6) is 5.75 Å². The molecule has 4 aromatic rings. The molecule has 0 N–H and O–H groups in total. The SMILES string of the molecule is Cc1ccc(OCc2nc(C(=O)OCC(=O)c3cc(C)n(-c4nccs4)c3C)cs2)cc1. The number of rotatable bonds is 8. The lowest BCUT2D eigenvalue weighted by atomic mass is 10.1. The van der Waals surface area contributed by atoms with E-state index in [0.717, 1.165) is 27.8 Å². The Morgan fingerprint density at radius 2 is 1.88 bits per heavy atom. The number of hydrogen-bond donors (Lipinski definition) is 0. The number of ketones is 1. The van der Waals surface area contributed by atoms with E-state index in [4.69, 9.17) is 9.47 Å². The Hall–Kier alpha value is -3.30. The van der Waals surface area contributed by atoms with Crippen LogP contribution in [0.25, 0.3) is 5.13 Å². The van der Waals surface area contributed by atoms with Crippen molar-refractivity contribution in [2.45, 2.75) is 27.4 Å². The van der Waals surface area contributed by atoms with Crippen LogP contribution in [0.1, 0.15) is 42.8 Å². The number of hydrogen-bond acceptors (Lipinski definition) is 8. The minimum absolute atomic E-state index is 0.165. The smallest absolute Gasteiger partial charge is 0.358 e. The number of Topliss-reactive ketones (excluding diaryl/α,β-unsaturated/α-hetero) is 1. The fourth-order valence-electron chi connectivity index (χ4n) is 3.20. The average Bonchev–Trinajstić information content (AvgIpc) is 3.52. The van der Waals surface area contributed by atoms with E-state index in [9.17, 15) is 9.59 Å². The second-order valence-corrected chi connectivity index (χ2v) is 8.98. The maximum atomic E-state index is 12.7. The molecule has 32 heavy (non-hydrogen) atoms. The summed E-state index contributed by atoms with van der Waals surface area (Å²) in [5, 5.41) is 4.93. The number of benzene rings is 1. The average molecular weight is 468 g/mol. The van der Waals surface area contributed by atoms with Crippen molar-refractivity contribution in [3.05, 3.63) is 80.5 Å². The normalized spacial score (nSPS) is 10.8. The number of thiazole rings is 2. The molecule has 0 atom stereocenters. The van der Waals surface area contributed by atoms with Crippen LogP contribution >= 0.6 is 22.7 Å². The summed E-state index contributed by atoms with van der Waals surface area (Å²) in [4.78, 5) is 33.6. The van der Waals surface area contributed by atoms with Crippen molar-refractivity contribution in [1.29, 1.82) is 0 Å². The highest BCUT2D eigenvalue weighted by Gasteiger charge is 2.20. The van der Waals surface area contributed by atoms with E-state index in [1.807, 2.05) is 55.0 Å². The van der Waals surface area contributed by atoms with Gasteiger partial charge in [0.2, 0.25) is 5.78 Å². The van der Waals surface area contributed by atoms with Gasteiger partial charge in [0.1, 0.15) is 17.4 Å². The maximum Gasteiger partial charge on any atom is 0.358 e. The van der Waals surface area contributed by atoms with E-state index < -0.39 is 5.97 Å². The van der Waals surface area contributed by atoms with Crippen molar-refractivity contribution in [3.8, 4) is 10.9 Å². The summed E-state index contributed by atoms with van der Waals surface area (Å²) in [6, 6.07) is 9.48.